The molecule has 2 heterocycles. The van der Waals surface area contributed by atoms with Gasteiger partial charge in [-0.2, -0.15) is 0 Å². The summed E-state index contributed by atoms with van der Waals surface area (Å²) >= 11 is 0. The van der Waals surface area contributed by atoms with Crippen LogP contribution < -0.4 is 15.0 Å². The first kappa shape index (κ1) is 28.4. The molecule has 2 N–H and O–H groups in total. The van der Waals surface area contributed by atoms with E-state index in [2.05, 4.69) is 41.3 Å². The van der Waals surface area contributed by atoms with Gasteiger partial charge in [0.05, 0.1) is 7.11 Å². The van der Waals surface area contributed by atoms with E-state index in [1.165, 1.54) is 0 Å². The Kier molecular flexibility index (Phi) is 10.7. The second-order valence-corrected chi connectivity index (χ2v) is 9.40. The third-order valence-electron chi connectivity index (χ3n) is 7.00. The summed E-state index contributed by atoms with van der Waals surface area (Å²) in [6.45, 7) is 14.5. The number of aliphatic hydroxyl groups excluding tert-OH is 1. The molecule has 1 fully saturated rings. The highest BCUT2D eigenvalue weighted by Gasteiger charge is 2.25. The fourth-order valence-corrected chi connectivity index (χ4v) is 5.08. The molecule has 1 aromatic carbocycles. The molecule has 0 bridgehead atoms. The topological polar surface area (TPSA) is 83.9 Å². The number of carbonyl (C=O) groups is 1. The molecule has 2 aromatic rings. The third-order valence-corrected chi connectivity index (χ3v) is 7.00. The van der Waals surface area contributed by atoms with Crippen LogP contribution in [0.25, 0.3) is 0 Å². The SMILES string of the molecule is C=CCc1c(C(=O)NCc2c(CC(C=C)CO)cc(C)nc2OC)cccc1N(CC)C1CCOCC1. The number of hydrogen-bond donors (Lipinski definition) is 2. The van der Waals surface area contributed by atoms with Crippen LogP contribution in [-0.2, 0) is 24.1 Å². The number of hydrogen-bond acceptors (Lipinski definition) is 6. The van der Waals surface area contributed by atoms with Gasteiger partial charge in [-0.25, -0.2) is 4.98 Å². The minimum absolute atomic E-state index is 0.00224. The van der Waals surface area contributed by atoms with E-state index >= 15 is 0 Å². The molecule has 0 aliphatic carbocycles. The molecule has 1 aliphatic rings. The van der Waals surface area contributed by atoms with Crippen LogP contribution in [0.1, 0.15) is 52.5 Å². The molecule has 0 saturated carbocycles. The van der Waals surface area contributed by atoms with Crippen LogP contribution in [-0.4, -0.2) is 55.5 Å². The standard InChI is InChI=1S/C30H41N3O4/c1-6-10-25-26(11-9-12-28(25)33(8-3)24-13-15-37-16-14-24)29(35)31-19-27-23(18-22(7-2)20-34)17-21(4)32-30(27)36-5/h6-7,9,11-12,17,22,24,34H,1-2,8,10,13-16,18-20H2,3-5H3,(H,31,35). The fraction of sp³-hybridized carbons (Fsp3) is 0.467. The Hall–Kier alpha value is -3.16. The molecular weight excluding hydrogens is 466 g/mol. The summed E-state index contributed by atoms with van der Waals surface area (Å²) in [6.07, 6.45) is 6.72. The second kappa shape index (κ2) is 14.0. The highest BCUT2D eigenvalue weighted by molar-refractivity contribution is 5.97. The van der Waals surface area contributed by atoms with E-state index in [9.17, 15) is 9.90 Å². The summed E-state index contributed by atoms with van der Waals surface area (Å²) in [4.78, 5) is 20.5. The average Bonchev–Trinajstić information content (AvgIpc) is 2.92. The maximum Gasteiger partial charge on any atom is 0.251 e. The quantitative estimate of drug-likeness (QED) is 0.391. The zero-order valence-corrected chi connectivity index (χ0v) is 22.5. The lowest BCUT2D eigenvalue weighted by Crippen LogP contribution is -2.40. The monoisotopic (exact) mass is 507 g/mol. The lowest BCUT2D eigenvalue weighted by molar-refractivity contribution is 0.0845. The number of allylic oxidation sites excluding steroid dienone is 1. The normalized spacial score (nSPS) is 14.6. The lowest BCUT2D eigenvalue weighted by atomic mass is 9.95. The Morgan fingerprint density at radius 1 is 1.32 bits per heavy atom. The first-order valence-electron chi connectivity index (χ1n) is 13.1. The van der Waals surface area contributed by atoms with Crippen molar-refractivity contribution in [3.63, 3.8) is 0 Å². The van der Waals surface area contributed by atoms with Crippen LogP contribution in [0.15, 0.2) is 49.6 Å². The molecule has 1 atom stereocenters. The molecule has 1 aromatic heterocycles. The number of rotatable bonds is 13. The van der Waals surface area contributed by atoms with E-state index in [4.69, 9.17) is 9.47 Å². The van der Waals surface area contributed by atoms with E-state index in [1.807, 2.05) is 31.2 Å². The molecule has 1 saturated heterocycles. The number of nitrogens with one attached hydrogen (secondary N) is 1. The number of amides is 1. The van der Waals surface area contributed by atoms with Crippen LogP contribution in [0.4, 0.5) is 5.69 Å². The number of anilines is 1. The van der Waals surface area contributed by atoms with E-state index in [-0.39, 0.29) is 25.0 Å². The van der Waals surface area contributed by atoms with E-state index in [1.54, 1.807) is 13.2 Å². The van der Waals surface area contributed by atoms with Gasteiger partial charge in [-0.05, 0) is 68.9 Å². The smallest absolute Gasteiger partial charge is 0.251 e. The molecule has 7 nitrogen and oxygen atoms in total. The van der Waals surface area contributed by atoms with Gasteiger partial charge in [-0.3, -0.25) is 4.79 Å². The first-order chi connectivity index (χ1) is 18.0. The van der Waals surface area contributed by atoms with Gasteiger partial charge >= 0.3 is 0 Å². The van der Waals surface area contributed by atoms with Gasteiger partial charge in [-0.1, -0.05) is 18.2 Å². The Morgan fingerprint density at radius 3 is 2.70 bits per heavy atom. The van der Waals surface area contributed by atoms with Crippen molar-refractivity contribution in [2.75, 3.05) is 38.4 Å². The number of aromatic nitrogens is 1. The van der Waals surface area contributed by atoms with Crippen LogP contribution >= 0.6 is 0 Å². The van der Waals surface area contributed by atoms with Crippen LogP contribution in [0.2, 0.25) is 0 Å². The van der Waals surface area contributed by atoms with Gasteiger partial charge in [0.2, 0.25) is 5.88 Å². The Bertz CT molecular complexity index is 1080. The third kappa shape index (κ3) is 6.99. The predicted molar refractivity (Wildman–Crippen MR) is 148 cm³/mol. The number of ether oxygens (including phenoxy) is 2. The van der Waals surface area contributed by atoms with Crippen molar-refractivity contribution in [1.29, 1.82) is 0 Å². The highest BCUT2D eigenvalue weighted by atomic mass is 16.5. The zero-order valence-electron chi connectivity index (χ0n) is 22.5. The summed E-state index contributed by atoms with van der Waals surface area (Å²) < 4.78 is 11.1. The van der Waals surface area contributed by atoms with Crippen LogP contribution in [0, 0.1) is 12.8 Å². The Labute approximate surface area is 221 Å². The number of nitrogens with zero attached hydrogens (tertiary/aromatic N) is 2. The molecule has 1 unspecified atom stereocenters. The summed E-state index contributed by atoms with van der Waals surface area (Å²) in [5, 5.41) is 12.8. The number of benzene rings is 1. The number of aliphatic hydroxyl groups is 1. The number of aryl methyl sites for hydroxylation is 1. The van der Waals surface area contributed by atoms with E-state index in [0.717, 1.165) is 60.7 Å². The number of methoxy groups -OCH3 is 1. The average molecular weight is 508 g/mol. The highest BCUT2D eigenvalue weighted by Crippen LogP contribution is 2.30. The molecule has 0 radical (unpaired) electrons. The fourth-order valence-electron chi connectivity index (χ4n) is 5.08. The largest absolute Gasteiger partial charge is 0.481 e. The maximum atomic E-state index is 13.6. The minimum Gasteiger partial charge on any atom is -0.481 e. The molecule has 200 valence electrons. The van der Waals surface area contributed by atoms with Gasteiger partial charge in [0.15, 0.2) is 0 Å². The van der Waals surface area contributed by atoms with Crippen molar-refractivity contribution in [3.8, 4) is 5.88 Å². The van der Waals surface area contributed by atoms with Crippen molar-refractivity contribution in [2.24, 2.45) is 5.92 Å². The lowest BCUT2D eigenvalue weighted by Gasteiger charge is -2.37. The first-order valence-corrected chi connectivity index (χ1v) is 13.1. The molecule has 1 aliphatic heterocycles. The molecule has 3 rings (SSSR count). The second-order valence-electron chi connectivity index (χ2n) is 9.40. The minimum atomic E-state index is -0.155. The van der Waals surface area contributed by atoms with Crippen molar-refractivity contribution in [1.82, 2.24) is 10.3 Å². The van der Waals surface area contributed by atoms with Crippen molar-refractivity contribution in [3.05, 3.63) is 77.5 Å². The van der Waals surface area contributed by atoms with Crippen molar-refractivity contribution < 1.29 is 19.4 Å². The predicted octanol–water partition coefficient (Wildman–Crippen LogP) is 4.40. The number of carbonyl (C=O) groups excluding carboxylic acids is 1. The van der Waals surface area contributed by atoms with Gasteiger partial charge in [0.1, 0.15) is 0 Å². The van der Waals surface area contributed by atoms with Crippen LogP contribution in [0.5, 0.6) is 5.88 Å². The summed E-state index contributed by atoms with van der Waals surface area (Å²) in [6, 6.07) is 8.29. The van der Waals surface area contributed by atoms with E-state index in [0.29, 0.717) is 30.3 Å². The molecular formula is C30H41N3O4. The molecule has 7 heteroatoms. The van der Waals surface area contributed by atoms with Gasteiger partial charge in [0, 0.05) is 67.4 Å². The van der Waals surface area contributed by atoms with E-state index < -0.39 is 0 Å². The Balaban J connectivity index is 1.91. The molecule has 0 spiro atoms. The summed E-state index contributed by atoms with van der Waals surface area (Å²) in [5.41, 5.74) is 5.29. The summed E-state index contributed by atoms with van der Waals surface area (Å²) in [5.74, 6) is 0.229. The number of pyridine rings is 1. The van der Waals surface area contributed by atoms with Gasteiger partial charge in [0.25, 0.3) is 5.91 Å². The molecule has 37 heavy (non-hydrogen) atoms. The van der Waals surface area contributed by atoms with Crippen molar-refractivity contribution >= 4 is 11.6 Å². The van der Waals surface area contributed by atoms with Gasteiger partial charge in [-0.15, -0.1) is 13.2 Å². The molecule has 1 amide bonds. The Morgan fingerprint density at radius 2 is 2.08 bits per heavy atom. The summed E-state index contributed by atoms with van der Waals surface area (Å²) in [7, 11) is 1.58. The maximum absolute atomic E-state index is 13.6. The van der Waals surface area contributed by atoms with Crippen molar-refractivity contribution in [2.45, 2.75) is 52.1 Å². The zero-order chi connectivity index (χ0) is 26.8. The van der Waals surface area contributed by atoms with Gasteiger partial charge < -0.3 is 24.8 Å². The van der Waals surface area contributed by atoms with Crippen LogP contribution in [0.3, 0.4) is 0 Å².